The predicted octanol–water partition coefficient (Wildman–Crippen LogP) is 1.70. The summed E-state index contributed by atoms with van der Waals surface area (Å²) >= 11 is 0. The zero-order valence-electron chi connectivity index (χ0n) is 10.3. The largest absolute Gasteiger partial charge is 0.478 e. The number of carboxylic acid groups (broad SMARTS) is 1. The minimum atomic E-state index is -0.987. The van der Waals surface area contributed by atoms with Crippen molar-refractivity contribution in [1.29, 1.82) is 0 Å². The first-order valence-corrected chi connectivity index (χ1v) is 5.92. The van der Waals surface area contributed by atoms with E-state index in [9.17, 15) is 9.59 Å². The smallest absolute Gasteiger partial charge is 0.335 e. The van der Waals surface area contributed by atoms with Crippen molar-refractivity contribution >= 4 is 17.6 Å². The molecule has 98 valence electrons. The Morgan fingerprint density at radius 1 is 1.33 bits per heavy atom. The van der Waals surface area contributed by atoms with E-state index in [1.807, 2.05) is 6.92 Å². The number of benzene rings is 1. The maximum atomic E-state index is 11.8. The maximum absolute atomic E-state index is 11.8. The topological polar surface area (TPSA) is 92.4 Å². The maximum Gasteiger partial charge on any atom is 0.335 e. The highest BCUT2D eigenvalue weighted by Crippen LogP contribution is 2.13. The van der Waals surface area contributed by atoms with E-state index in [2.05, 4.69) is 5.32 Å². The molecule has 0 aliphatic rings. The standard InChI is InChI=1S/C13H18N2O3/c1-2-3-10(8-14)12(16)15-11-6-4-9(5-7-11)13(17)18/h4-7,10H,2-3,8,14H2,1H3,(H,15,16)(H,17,18). The van der Waals surface area contributed by atoms with Crippen LogP contribution < -0.4 is 11.1 Å². The minimum Gasteiger partial charge on any atom is -0.478 e. The Labute approximate surface area is 106 Å². The summed E-state index contributed by atoms with van der Waals surface area (Å²) in [6, 6.07) is 6.05. The van der Waals surface area contributed by atoms with E-state index < -0.39 is 5.97 Å². The van der Waals surface area contributed by atoms with Crippen LogP contribution in [0.2, 0.25) is 0 Å². The summed E-state index contributed by atoms with van der Waals surface area (Å²) in [5.41, 5.74) is 6.31. The van der Waals surface area contributed by atoms with Crippen LogP contribution in [0.4, 0.5) is 5.69 Å². The first-order chi connectivity index (χ1) is 8.58. The Balaban J connectivity index is 2.66. The Hall–Kier alpha value is -1.88. The Kier molecular flexibility index (Phi) is 5.32. The van der Waals surface area contributed by atoms with Crippen LogP contribution in [0.1, 0.15) is 30.1 Å². The van der Waals surface area contributed by atoms with Crippen LogP contribution in [0.15, 0.2) is 24.3 Å². The summed E-state index contributed by atoms with van der Waals surface area (Å²) in [5, 5.41) is 11.5. The quantitative estimate of drug-likeness (QED) is 0.716. The molecular weight excluding hydrogens is 232 g/mol. The fourth-order valence-electron chi connectivity index (χ4n) is 1.64. The van der Waals surface area contributed by atoms with Gasteiger partial charge in [0, 0.05) is 12.2 Å². The van der Waals surface area contributed by atoms with Gasteiger partial charge >= 0.3 is 5.97 Å². The normalized spacial score (nSPS) is 11.9. The van der Waals surface area contributed by atoms with Crippen LogP contribution in [0.5, 0.6) is 0 Å². The third-order valence-electron chi connectivity index (χ3n) is 2.69. The lowest BCUT2D eigenvalue weighted by Gasteiger charge is -2.13. The van der Waals surface area contributed by atoms with Gasteiger partial charge in [-0.15, -0.1) is 0 Å². The van der Waals surface area contributed by atoms with Gasteiger partial charge in [-0.2, -0.15) is 0 Å². The molecule has 0 aliphatic carbocycles. The predicted molar refractivity (Wildman–Crippen MR) is 69.5 cm³/mol. The van der Waals surface area contributed by atoms with E-state index >= 15 is 0 Å². The molecule has 1 rings (SSSR count). The number of hydrogen-bond acceptors (Lipinski definition) is 3. The number of hydrogen-bond donors (Lipinski definition) is 3. The van der Waals surface area contributed by atoms with Crippen molar-refractivity contribution in [3.8, 4) is 0 Å². The number of amides is 1. The lowest BCUT2D eigenvalue weighted by Crippen LogP contribution is -2.29. The molecular formula is C13H18N2O3. The van der Waals surface area contributed by atoms with Crippen LogP contribution in [-0.2, 0) is 4.79 Å². The molecule has 0 bridgehead atoms. The van der Waals surface area contributed by atoms with Gasteiger partial charge in [-0.3, -0.25) is 4.79 Å². The average Bonchev–Trinajstić information content (AvgIpc) is 2.36. The van der Waals surface area contributed by atoms with E-state index in [4.69, 9.17) is 10.8 Å². The van der Waals surface area contributed by atoms with Crippen LogP contribution in [0.25, 0.3) is 0 Å². The molecule has 0 saturated carbocycles. The van der Waals surface area contributed by atoms with Gasteiger partial charge in [0.25, 0.3) is 0 Å². The van der Waals surface area contributed by atoms with Gasteiger partial charge in [-0.05, 0) is 30.7 Å². The van der Waals surface area contributed by atoms with E-state index in [1.54, 1.807) is 12.1 Å². The zero-order chi connectivity index (χ0) is 13.5. The van der Waals surface area contributed by atoms with Gasteiger partial charge in [-0.1, -0.05) is 13.3 Å². The van der Waals surface area contributed by atoms with E-state index in [0.29, 0.717) is 12.2 Å². The molecule has 0 heterocycles. The Morgan fingerprint density at radius 2 is 1.94 bits per heavy atom. The van der Waals surface area contributed by atoms with Gasteiger partial charge in [0.15, 0.2) is 0 Å². The lowest BCUT2D eigenvalue weighted by molar-refractivity contribution is -0.119. The monoisotopic (exact) mass is 250 g/mol. The number of rotatable bonds is 6. The molecule has 5 heteroatoms. The van der Waals surface area contributed by atoms with E-state index in [-0.39, 0.29) is 17.4 Å². The molecule has 0 fully saturated rings. The second-order valence-corrected chi connectivity index (χ2v) is 4.09. The highest BCUT2D eigenvalue weighted by molar-refractivity contribution is 5.93. The first kappa shape index (κ1) is 14.2. The summed E-state index contributed by atoms with van der Waals surface area (Å²) in [6.45, 7) is 2.31. The van der Waals surface area contributed by atoms with Gasteiger partial charge < -0.3 is 16.2 Å². The van der Waals surface area contributed by atoms with Crippen molar-refractivity contribution in [2.24, 2.45) is 11.7 Å². The van der Waals surface area contributed by atoms with Gasteiger partial charge in [0.05, 0.1) is 11.5 Å². The number of carbonyl (C=O) groups is 2. The molecule has 1 aromatic carbocycles. The van der Waals surface area contributed by atoms with Gasteiger partial charge in [0.2, 0.25) is 5.91 Å². The van der Waals surface area contributed by atoms with Crippen LogP contribution in [-0.4, -0.2) is 23.5 Å². The molecule has 0 aromatic heterocycles. The summed E-state index contributed by atoms with van der Waals surface area (Å²) in [5.74, 6) is -1.31. The Bertz CT molecular complexity index is 415. The molecule has 0 saturated heterocycles. The average molecular weight is 250 g/mol. The van der Waals surface area contributed by atoms with Crippen LogP contribution >= 0.6 is 0 Å². The fraction of sp³-hybridized carbons (Fsp3) is 0.385. The minimum absolute atomic E-state index is 0.123. The third-order valence-corrected chi connectivity index (χ3v) is 2.69. The molecule has 4 N–H and O–H groups in total. The second kappa shape index (κ2) is 6.76. The number of nitrogens with one attached hydrogen (secondary N) is 1. The van der Waals surface area contributed by atoms with E-state index in [1.165, 1.54) is 12.1 Å². The molecule has 0 aliphatic heterocycles. The number of nitrogens with two attached hydrogens (primary N) is 1. The molecule has 5 nitrogen and oxygen atoms in total. The lowest BCUT2D eigenvalue weighted by atomic mass is 10.0. The number of carboxylic acids is 1. The van der Waals surface area contributed by atoms with E-state index in [0.717, 1.165) is 12.8 Å². The van der Waals surface area contributed by atoms with Crippen molar-refractivity contribution in [2.75, 3.05) is 11.9 Å². The fourth-order valence-corrected chi connectivity index (χ4v) is 1.64. The number of anilines is 1. The van der Waals surface area contributed by atoms with Crippen molar-refractivity contribution < 1.29 is 14.7 Å². The summed E-state index contributed by atoms with van der Waals surface area (Å²) in [7, 11) is 0. The second-order valence-electron chi connectivity index (χ2n) is 4.09. The highest BCUT2D eigenvalue weighted by atomic mass is 16.4. The first-order valence-electron chi connectivity index (χ1n) is 5.92. The van der Waals surface area contributed by atoms with Crippen LogP contribution in [0.3, 0.4) is 0 Å². The molecule has 1 atom stereocenters. The number of carbonyl (C=O) groups excluding carboxylic acids is 1. The molecule has 1 unspecified atom stereocenters. The van der Waals surface area contributed by atoms with Crippen molar-refractivity contribution in [3.63, 3.8) is 0 Å². The summed E-state index contributed by atoms with van der Waals surface area (Å²) < 4.78 is 0. The van der Waals surface area contributed by atoms with Gasteiger partial charge in [0.1, 0.15) is 0 Å². The van der Waals surface area contributed by atoms with Crippen molar-refractivity contribution in [1.82, 2.24) is 0 Å². The number of aromatic carboxylic acids is 1. The highest BCUT2D eigenvalue weighted by Gasteiger charge is 2.15. The molecule has 1 aromatic rings. The molecule has 18 heavy (non-hydrogen) atoms. The molecule has 1 amide bonds. The summed E-state index contributed by atoms with van der Waals surface area (Å²) in [6.07, 6.45) is 1.64. The van der Waals surface area contributed by atoms with Crippen molar-refractivity contribution in [3.05, 3.63) is 29.8 Å². The zero-order valence-corrected chi connectivity index (χ0v) is 10.3. The Morgan fingerprint density at radius 3 is 2.39 bits per heavy atom. The summed E-state index contributed by atoms with van der Waals surface area (Å²) in [4.78, 5) is 22.5. The molecule has 0 radical (unpaired) electrons. The SMILES string of the molecule is CCCC(CN)C(=O)Nc1ccc(C(=O)O)cc1. The molecule has 0 spiro atoms. The van der Waals surface area contributed by atoms with Gasteiger partial charge in [-0.25, -0.2) is 4.79 Å². The van der Waals surface area contributed by atoms with Crippen LogP contribution in [0, 0.1) is 5.92 Å². The third kappa shape index (κ3) is 3.85. The van der Waals surface area contributed by atoms with Crippen molar-refractivity contribution in [2.45, 2.75) is 19.8 Å².